The van der Waals surface area contributed by atoms with Crippen LogP contribution in [0.1, 0.15) is 31.9 Å². The molecular weight excluding hydrogens is 311 g/mol. The lowest BCUT2D eigenvalue weighted by Crippen LogP contribution is -2.52. The van der Waals surface area contributed by atoms with E-state index < -0.39 is 28.4 Å². The number of benzene rings is 1. The zero-order chi connectivity index (χ0) is 16.9. The van der Waals surface area contributed by atoms with Crippen molar-refractivity contribution in [1.82, 2.24) is 0 Å². The summed E-state index contributed by atoms with van der Waals surface area (Å²) in [6.07, 6.45) is -2.62. The molecule has 22 heavy (non-hydrogen) atoms. The maximum absolute atomic E-state index is 14.6. The maximum Gasteiger partial charge on any atom is 0.253 e. The number of aliphatic imine (C=N–C) groups is 1. The minimum absolute atomic E-state index is 0.0304. The Morgan fingerprint density at radius 1 is 1.27 bits per heavy atom. The smallest absolute Gasteiger partial charge is 0.253 e. The fourth-order valence-electron chi connectivity index (χ4n) is 2.91. The molecule has 1 aliphatic heterocycles. The SMILES string of the molecule is Cc1cc(N)cc([C@@]2(C)N=C(N)S[C@](C)(C(F)F)[C@H]2C)c1F. The van der Waals surface area contributed by atoms with Crippen molar-refractivity contribution < 1.29 is 13.2 Å². The number of rotatable bonds is 2. The second-order valence-corrected chi connectivity index (χ2v) is 7.61. The van der Waals surface area contributed by atoms with Crippen LogP contribution in [0.25, 0.3) is 0 Å². The van der Waals surface area contributed by atoms with E-state index in [2.05, 4.69) is 4.99 Å². The topological polar surface area (TPSA) is 64.4 Å². The number of hydrogen-bond donors (Lipinski definition) is 2. The molecule has 0 saturated carbocycles. The normalized spacial score (nSPS) is 32.2. The molecule has 1 aromatic rings. The molecule has 1 heterocycles. The number of thioether (sulfide) groups is 1. The maximum atomic E-state index is 14.6. The fourth-order valence-corrected chi connectivity index (χ4v) is 4.09. The number of alkyl halides is 2. The highest BCUT2D eigenvalue weighted by atomic mass is 32.2. The van der Waals surface area contributed by atoms with Gasteiger partial charge >= 0.3 is 0 Å². The van der Waals surface area contributed by atoms with Gasteiger partial charge in [-0.2, -0.15) is 0 Å². The highest BCUT2D eigenvalue weighted by Crippen LogP contribution is 2.52. The number of amidine groups is 1. The van der Waals surface area contributed by atoms with Gasteiger partial charge in [0.2, 0.25) is 0 Å². The molecule has 1 aliphatic rings. The molecule has 7 heteroatoms. The average molecular weight is 331 g/mol. The highest BCUT2D eigenvalue weighted by molar-refractivity contribution is 8.15. The average Bonchev–Trinajstić information content (AvgIpc) is 2.39. The van der Waals surface area contributed by atoms with Gasteiger partial charge in [-0.3, -0.25) is 4.99 Å². The quantitative estimate of drug-likeness (QED) is 0.813. The Kier molecular flexibility index (Phi) is 4.14. The van der Waals surface area contributed by atoms with Crippen molar-refractivity contribution in [2.45, 2.75) is 44.4 Å². The molecule has 122 valence electrons. The molecular formula is C15H20F3N3S. The molecule has 0 unspecified atom stereocenters. The van der Waals surface area contributed by atoms with Crippen LogP contribution >= 0.6 is 11.8 Å². The van der Waals surface area contributed by atoms with E-state index in [1.165, 1.54) is 19.1 Å². The second-order valence-electron chi connectivity index (χ2n) is 6.11. The summed E-state index contributed by atoms with van der Waals surface area (Å²) >= 11 is 0.840. The van der Waals surface area contributed by atoms with E-state index in [1.807, 2.05) is 0 Å². The predicted octanol–water partition coefficient (Wildman–Crippen LogP) is 3.65. The van der Waals surface area contributed by atoms with Crippen LogP contribution in [0, 0.1) is 18.7 Å². The van der Waals surface area contributed by atoms with Crippen LogP contribution in [0.15, 0.2) is 17.1 Å². The van der Waals surface area contributed by atoms with Crippen molar-refractivity contribution in [3.05, 3.63) is 29.1 Å². The molecule has 3 atom stereocenters. The zero-order valence-electron chi connectivity index (χ0n) is 13.0. The summed E-state index contributed by atoms with van der Waals surface area (Å²) in [5.74, 6) is -1.13. The lowest BCUT2D eigenvalue weighted by Gasteiger charge is -2.47. The van der Waals surface area contributed by atoms with Crippen molar-refractivity contribution in [3.63, 3.8) is 0 Å². The fraction of sp³-hybridized carbons (Fsp3) is 0.533. The van der Waals surface area contributed by atoms with Crippen molar-refractivity contribution >= 4 is 22.6 Å². The Morgan fingerprint density at radius 3 is 2.41 bits per heavy atom. The van der Waals surface area contributed by atoms with Gasteiger partial charge < -0.3 is 11.5 Å². The molecule has 1 aromatic carbocycles. The number of aryl methyl sites for hydroxylation is 1. The molecule has 0 amide bonds. The molecule has 0 saturated heterocycles. The molecule has 4 N–H and O–H groups in total. The Labute approximate surface area is 132 Å². The first kappa shape index (κ1) is 17.0. The van der Waals surface area contributed by atoms with E-state index in [0.29, 0.717) is 11.3 Å². The minimum atomic E-state index is -2.62. The van der Waals surface area contributed by atoms with Crippen molar-refractivity contribution in [2.75, 3.05) is 5.73 Å². The third-order valence-electron chi connectivity index (χ3n) is 4.63. The first-order chi connectivity index (χ1) is 10.0. The van der Waals surface area contributed by atoms with Crippen LogP contribution in [0.3, 0.4) is 0 Å². The van der Waals surface area contributed by atoms with Crippen LogP contribution in [-0.4, -0.2) is 16.3 Å². The summed E-state index contributed by atoms with van der Waals surface area (Å²) in [4.78, 5) is 4.31. The molecule has 0 aromatic heterocycles. The summed E-state index contributed by atoms with van der Waals surface area (Å²) in [6.45, 7) is 6.29. The minimum Gasteiger partial charge on any atom is -0.399 e. The molecule has 0 bridgehead atoms. The van der Waals surface area contributed by atoms with Crippen molar-refractivity contribution in [3.8, 4) is 0 Å². The molecule has 0 spiro atoms. The third-order valence-corrected chi connectivity index (χ3v) is 5.90. The van der Waals surface area contributed by atoms with Gasteiger partial charge in [-0.05, 0) is 38.5 Å². The van der Waals surface area contributed by atoms with Gasteiger partial charge in [0.1, 0.15) is 5.82 Å². The summed E-state index contributed by atoms with van der Waals surface area (Å²) in [5, 5.41) is 0.0304. The van der Waals surface area contributed by atoms with E-state index in [-0.39, 0.29) is 10.7 Å². The first-order valence-corrected chi connectivity index (χ1v) is 7.72. The Balaban J connectivity index is 2.69. The summed E-state index contributed by atoms with van der Waals surface area (Å²) in [7, 11) is 0. The Hall–Kier alpha value is -1.37. The first-order valence-electron chi connectivity index (χ1n) is 6.91. The van der Waals surface area contributed by atoms with Gasteiger partial charge in [0, 0.05) is 17.2 Å². The van der Waals surface area contributed by atoms with Crippen molar-refractivity contribution in [1.29, 1.82) is 0 Å². The van der Waals surface area contributed by atoms with E-state index in [9.17, 15) is 13.2 Å². The van der Waals surface area contributed by atoms with Crippen LogP contribution in [0.2, 0.25) is 0 Å². The van der Waals surface area contributed by atoms with E-state index >= 15 is 0 Å². The number of nitrogens with zero attached hydrogens (tertiary/aromatic N) is 1. The molecule has 2 rings (SSSR count). The van der Waals surface area contributed by atoms with Crippen LogP contribution in [-0.2, 0) is 5.54 Å². The van der Waals surface area contributed by atoms with Crippen LogP contribution in [0.4, 0.5) is 18.9 Å². The van der Waals surface area contributed by atoms with Gasteiger partial charge in [-0.15, -0.1) is 0 Å². The van der Waals surface area contributed by atoms with Gasteiger partial charge in [0.25, 0.3) is 6.43 Å². The molecule has 0 radical (unpaired) electrons. The van der Waals surface area contributed by atoms with E-state index in [0.717, 1.165) is 11.8 Å². The zero-order valence-corrected chi connectivity index (χ0v) is 13.8. The lowest BCUT2D eigenvalue weighted by atomic mass is 9.73. The van der Waals surface area contributed by atoms with Gasteiger partial charge in [-0.25, -0.2) is 13.2 Å². The van der Waals surface area contributed by atoms with Crippen LogP contribution < -0.4 is 11.5 Å². The summed E-state index contributed by atoms with van der Waals surface area (Å²) < 4.78 is 40.3. The Bertz CT molecular complexity index is 635. The summed E-state index contributed by atoms with van der Waals surface area (Å²) in [5.41, 5.74) is 11.3. The number of halogens is 3. The molecule has 0 aliphatic carbocycles. The molecule has 0 fully saturated rings. The Morgan fingerprint density at radius 2 is 1.86 bits per heavy atom. The standard InChI is InChI=1S/C15H20F3N3S/c1-7-5-9(19)6-10(11(7)16)14(3)8(2)15(4,12(17)18)22-13(20)21-14/h5-6,8,12H,19H2,1-4H3,(H2,20,21)/t8-,14-,15-/m0/s1. The predicted molar refractivity (Wildman–Crippen MR) is 85.7 cm³/mol. The monoisotopic (exact) mass is 331 g/mol. The van der Waals surface area contributed by atoms with Crippen molar-refractivity contribution in [2.24, 2.45) is 16.6 Å². The number of nitrogen functional groups attached to an aromatic ring is 1. The van der Waals surface area contributed by atoms with Gasteiger partial charge in [0.05, 0.1) is 10.3 Å². The van der Waals surface area contributed by atoms with E-state index in [4.69, 9.17) is 11.5 Å². The largest absolute Gasteiger partial charge is 0.399 e. The molecule has 3 nitrogen and oxygen atoms in total. The van der Waals surface area contributed by atoms with E-state index in [1.54, 1.807) is 20.8 Å². The third kappa shape index (κ3) is 2.45. The summed E-state index contributed by atoms with van der Waals surface area (Å²) in [6, 6.07) is 2.96. The number of anilines is 1. The van der Waals surface area contributed by atoms with Gasteiger partial charge in [-0.1, -0.05) is 18.7 Å². The number of nitrogens with two attached hydrogens (primary N) is 2. The van der Waals surface area contributed by atoms with Crippen LogP contribution in [0.5, 0.6) is 0 Å². The highest BCUT2D eigenvalue weighted by Gasteiger charge is 2.54. The second kappa shape index (κ2) is 5.37. The van der Waals surface area contributed by atoms with Gasteiger partial charge in [0.15, 0.2) is 5.17 Å². The lowest BCUT2D eigenvalue weighted by molar-refractivity contribution is 0.0572. The number of hydrogen-bond acceptors (Lipinski definition) is 4.